The molecule has 1 N–H and O–H groups in total. The topological polar surface area (TPSA) is 63.2 Å². The fourth-order valence-electron chi connectivity index (χ4n) is 3.59. The SMILES string of the molecule is c1cnc(NCc2cncc3c2CCN(C[C@@H]2CCOC2)C3)nc1. The van der Waals surface area contributed by atoms with Crippen LogP contribution < -0.4 is 5.32 Å². The molecule has 0 radical (unpaired) electrons. The minimum atomic E-state index is 0.661. The average Bonchev–Trinajstić information content (AvgIpc) is 3.13. The Bertz CT molecular complexity index is 672. The number of pyridine rings is 1. The Morgan fingerprint density at radius 3 is 3.00 bits per heavy atom. The standard InChI is InChI=1S/C18H23N5O/c1-4-20-18(21-5-1)22-10-15-8-19-9-16-12-23(6-2-17(15)16)11-14-3-7-24-13-14/h1,4-5,8-9,14H,2-3,6-7,10-13H2,(H,20,21,22)/t14-/m0/s1. The normalized spacial score (nSPS) is 20.8. The molecule has 6 nitrogen and oxygen atoms in total. The van der Waals surface area contributed by atoms with E-state index in [1.807, 2.05) is 18.5 Å². The Morgan fingerprint density at radius 2 is 2.17 bits per heavy atom. The van der Waals surface area contributed by atoms with Gasteiger partial charge in [0.05, 0.1) is 6.61 Å². The lowest BCUT2D eigenvalue weighted by atomic mass is 9.96. The average molecular weight is 325 g/mol. The molecule has 0 aliphatic carbocycles. The highest BCUT2D eigenvalue weighted by Gasteiger charge is 2.23. The van der Waals surface area contributed by atoms with E-state index in [2.05, 4.69) is 25.2 Å². The van der Waals surface area contributed by atoms with Crippen LogP contribution >= 0.6 is 0 Å². The Labute approximate surface area is 142 Å². The van der Waals surface area contributed by atoms with Crippen molar-refractivity contribution in [3.05, 3.63) is 47.5 Å². The molecule has 0 bridgehead atoms. The van der Waals surface area contributed by atoms with Crippen molar-refractivity contribution in [2.45, 2.75) is 25.9 Å². The van der Waals surface area contributed by atoms with E-state index in [9.17, 15) is 0 Å². The predicted molar refractivity (Wildman–Crippen MR) is 91.5 cm³/mol. The number of ether oxygens (including phenoxy) is 1. The van der Waals surface area contributed by atoms with E-state index in [-0.39, 0.29) is 0 Å². The van der Waals surface area contributed by atoms with Crippen molar-refractivity contribution >= 4 is 5.95 Å². The first kappa shape index (κ1) is 15.5. The number of aromatic nitrogens is 3. The maximum atomic E-state index is 5.50. The van der Waals surface area contributed by atoms with Crippen LogP contribution in [0.3, 0.4) is 0 Å². The molecule has 4 rings (SSSR count). The van der Waals surface area contributed by atoms with Crippen molar-refractivity contribution in [3.8, 4) is 0 Å². The fraction of sp³-hybridized carbons (Fsp3) is 0.500. The van der Waals surface area contributed by atoms with Crippen LogP contribution in [0.15, 0.2) is 30.9 Å². The number of nitrogens with one attached hydrogen (secondary N) is 1. The predicted octanol–water partition coefficient (Wildman–Crippen LogP) is 1.88. The second-order valence-corrected chi connectivity index (χ2v) is 6.58. The fourth-order valence-corrected chi connectivity index (χ4v) is 3.59. The van der Waals surface area contributed by atoms with Crippen LogP contribution in [-0.2, 0) is 24.2 Å². The van der Waals surface area contributed by atoms with Crippen LogP contribution in [-0.4, -0.2) is 46.2 Å². The number of hydrogen-bond acceptors (Lipinski definition) is 6. The van der Waals surface area contributed by atoms with Crippen LogP contribution in [0.25, 0.3) is 0 Å². The summed E-state index contributed by atoms with van der Waals surface area (Å²) in [4.78, 5) is 15.4. The van der Waals surface area contributed by atoms with E-state index in [0.29, 0.717) is 11.9 Å². The second kappa shape index (κ2) is 7.23. The molecule has 24 heavy (non-hydrogen) atoms. The molecule has 126 valence electrons. The van der Waals surface area contributed by atoms with Gasteiger partial charge in [-0.15, -0.1) is 0 Å². The van der Waals surface area contributed by atoms with E-state index < -0.39 is 0 Å². The summed E-state index contributed by atoms with van der Waals surface area (Å²) in [6.45, 7) is 5.81. The molecule has 1 saturated heterocycles. The highest BCUT2D eigenvalue weighted by Crippen LogP contribution is 2.24. The number of rotatable bonds is 5. The highest BCUT2D eigenvalue weighted by atomic mass is 16.5. The largest absolute Gasteiger partial charge is 0.381 e. The molecule has 0 unspecified atom stereocenters. The van der Waals surface area contributed by atoms with Crippen molar-refractivity contribution in [1.29, 1.82) is 0 Å². The molecule has 2 aromatic heterocycles. The van der Waals surface area contributed by atoms with Crippen LogP contribution in [0.5, 0.6) is 0 Å². The summed E-state index contributed by atoms with van der Waals surface area (Å²) in [5.74, 6) is 1.35. The number of nitrogens with zero attached hydrogens (tertiary/aromatic N) is 4. The first-order valence-electron chi connectivity index (χ1n) is 8.64. The van der Waals surface area contributed by atoms with Crippen molar-refractivity contribution in [3.63, 3.8) is 0 Å². The van der Waals surface area contributed by atoms with E-state index in [0.717, 1.165) is 45.8 Å². The zero-order chi connectivity index (χ0) is 16.2. The lowest BCUT2D eigenvalue weighted by Crippen LogP contribution is -2.35. The maximum absolute atomic E-state index is 5.50. The molecule has 1 fully saturated rings. The third-order valence-electron chi connectivity index (χ3n) is 4.85. The van der Waals surface area contributed by atoms with Crippen LogP contribution in [0.1, 0.15) is 23.1 Å². The third-order valence-corrected chi connectivity index (χ3v) is 4.85. The van der Waals surface area contributed by atoms with Gasteiger partial charge in [0.15, 0.2) is 0 Å². The number of fused-ring (bicyclic) bond motifs is 1. The van der Waals surface area contributed by atoms with E-state index >= 15 is 0 Å². The van der Waals surface area contributed by atoms with Gasteiger partial charge < -0.3 is 10.1 Å². The molecule has 1 atom stereocenters. The second-order valence-electron chi connectivity index (χ2n) is 6.58. The molecule has 6 heteroatoms. The summed E-state index contributed by atoms with van der Waals surface area (Å²) in [6.07, 6.45) is 9.77. The lowest BCUT2D eigenvalue weighted by molar-refractivity contribution is 0.162. The molecule has 0 aromatic carbocycles. The van der Waals surface area contributed by atoms with Crippen molar-refractivity contribution in [2.75, 3.05) is 31.6 Å². The first-order valence-corrected chi connectivity index (χ1v) is 8.64. The molecule has 2 aromatic rings. The summed E-state index contributed by atoms with van der Waals surface area (Å²) >= 11 is 0. The van der Waals surface area contributed by atoms with Crippen LogP contribution in [0.4, 0.5) is 5.95 Å². The van der Waals surface area contributed by atoms with Gasteiger partial charge in [-0.25, -0.2) is 9.97 Å². The Hall–Kier alpha value is -2.05. The molecule has 2 aliphatic heterocycles. The van der Waals surface area contributed by atoms with Gasteiger partial charge in [0, 0.05) is 57.6 Å². The summed E-state index contributed by atoms with van der Waals surface area (Å²) in [5, 5.41) is 3.29. The van der Waals surface area contributed by atoms with Gasteiger partial charge in [-0.05, 0) is 41.5 Å². The minimum absolute atomic E-state index is 0.661. The van der Waals surface area contributed by atoms with E-state index in [4.69, 9.17) is 4.74 Å². The Morgan fingerprint density at radius 1 is 1.25 bits per heavy atom. The monoisotopic (exact) mass is 325 g/mol. The quantitative estimate of drug-likeness (QED) is 0.905. The maximum Gasteiger partial charge on any atom is 0.222 e. The third kappa shape index (κ3) is 3.55. The molecular formula is C18H23N5O. The molecule has 0 amide bonds. The van der Waals surface area contributed by atoms with E-state index in [1.165, 1.54) is 23.1 Å². The molecule has 0 saturated carbocycles. The van der Waals surface area contributed by atoms with Gasteiger partial charge in [-0.3, -0.25) is 9.88 Å². The summed E-state index contributed by atoms with van der Waals surface area (Å²) < 4.78 is 5.50. The molecule has 0 spiro atoms. The van der Waals surface area contributed by atoms with Gasteiger partial charge in [0.2, 0.25) is 5.95 Å². The highest BCUT2D eigenvalue weighted by molar-refractivity contribution is 5.36. The van der Waals surface area contributed by atoms with Crippen LogP contribution in [0.2, 0.25) is 0 Å². The van der Waals surface area contributed by atoms with Crippen molar-refractivity contribution < 1.29 is 4.74 Å². The van der Waals surface area contributed by atoms with Gasteiger partial charge in [0.1, 0.15) is 0 Å². The summed E-state index contributed by atoms with van der Waals surface area (Å²) in [5.41, 5.74) is 4.05. The summed E-state index contributed by atoms with van der Waals surface area (Å²) in [6, 6.07) is 1.82. The smallest absolute Gasteiger partial charge is 0.222 e. The Kier molecular flexibility index (Phi) is 4.66. The van der Waals surface area contributed by atoms with Gasteiger partial charge in [-0.2, -0.15) is 0 Å². The zero-order valence-corrected chi connectivity index (χ0v) is 13.8. The molecule has 4 heterocycles. The van der Waals surface area contributed by atoms with Gasteiger partial charge >= 0.3 is 0 Å². The van der Waals surface area contributed by atoms with E-state index in [1.54, 1.807) is 12.4 Å². The minimum Gasteiger partial charge on any atom is -0.381 e. The Balaban J connectivity index is 1.41. The zero-order valence-electron chi connectivity index (χ0n) is 13.8. The molecule has 2 aliphatic rings. The number of anilines is 1. The lowest BCUT2D eigenvalue weighted by Gasteiger charge is -2.31. The number of hydrogen-bond donors (Lipinski definition) is 1. The van der Waals surface area contributed by atoms with Gasteiger partial charge in [-0.1, -0.05) is 0 Å². The van der Waals surface area contributed by atoms with Crippen molar-refractivity contribution in [2.24, 2.45) is 5.92 Å². The first-order chi connectivity index (χ1) is 11.9. The molecular weight excluding hydrogens is 302 g/mol. The van der Waals surface area contributed by atoms with Crippen molar-refractivity contribution in [1.82, 2.24) is 19.9 Å². The van der Waals surface area contributed by atoms with Gasteiger partial charge in [0.25, 0.3) is 0 Å². The summed E-state index contributed by atoms with van der Waals surface area (Å²) in [7, 11) is 0. The van der Waals surface area contributed by atoms with Crippen LogP contribution in [0, 0.1) is 5.92 Å².